The molecule has 0 radical (unpaired) electrons. The van der Waals surface area contributed by atoms with Gasteiger partial charge in [0.2, 0.25) is 0 Å². The van der Waals surface area contributed by atoms with Crippen LogP contribution in [0.2, 0.25) is 5.02 Å². The Bertz CT molecular complexity index is 618. The fourth-order valence-corrected chi connectivity index (χ4v) is 3.24. The predicted octanol–water partition coefficient (Wildman–Crippen LogP) is 3.93. The highest BCUT2D eigenvalue weighted by Gasteiger charge is 2.20. The average Bonchev–Trinajstić information content (AvgIpc) is 2.59. The minimum absolute atomic E-state index is 0. The molecule has 1 aliphatic rings. The summed E-state index contributed by atoms with van der Waals surface area (Å²) in [4.78, 5) is 6.79. The summed E-state index contributed by atoms with van der Waals surface area (Å²) in [5.41, 5.74) is 1.22. The van der Waals surface area contributed by atoms with E-state index >= 15 is 0 Å². The zero-order valence-corrected chi connectivity index (χ0v) is 19.6. The molecular weight excluding hydrogens is 475 g/mol. The quantitative estimate of drug-likeness (QED) is 0.255. The van der Waals surface area contributed by atoms with Gasteiger partial charge >= 0.3 is 0 Å². The van der Waals surface area contributed by atoms with Crippen LogP contribution in [0, 0.1) is 0 Å². The van der Waals surface area contributed by atoms with E-state index in [0.29, 0.717) is 17.6 Å². The molecule has 1 aliphatic heterocycles. The largest absolute Gasteiger partial charge is 0.489 e. The van der Waals surface area contributed by atoms with Crippen molar-refractivity contribution in [3.63, 3.8) is 0 Å². The highest BCUT2D eigenvalue weighted by Crippen LogP contribution is 2.18. The fourth-order valence-electron chi connectivity index (χ4n) is 3.06. The van der Waals surface area contributed by atoms with Crippen molar-refractivity contribution in [1.29, 1.82) is 0 Å². The van der Waals surface area contributed by atoms with Gasteiger partial charge in [0.1, 0.15) is 11.9 Å². The number of hydrogen-bond acceptors (Lipinski definition) is 3. The van der Waals surface area contributed by atoms with Gasteiger partial charge < -0.3 is 15.4 Å². The lowest BCUT2D eigenvalue weighted by atomic mass is 10.0. The monoisotopic (exact) mass is 506 g/mol. The lowest BCUT2D eigenvalue weighted by Gasteiger charge is -2.33. The number of benzene rings is 1. The topological polar surface area (TPSA) is 48.9 Å². The maximum Gasteiger partial charge on any atom is 0.191 e. The summed E-state index contributed by atoms with van der Waals surface area (Å²) in [6.07, 6.45) is 2.23. The lowest BCUT2D eigenvalue weighted by molar-refractivity contribution is 0.217. The summed E-state index contributed by atoms with van der Waals surface area (Å²) < 4.78 is 5.89. The van der Waals surface area contributed by atoms with Crippen molar-refractivity contribution in [2.24, 2.45) is 4.99 Å². The molecule has 152 valence electrons. The van der Waals surface area contributed by atoms with Crippen LogP contribution in [0.4, 0.5) is 0 Å². The third-order valence-corrected chi connectivity index (χ3v) is 4.57. The zero-order valence-electron chi connectivity index (χ0n) is 16.5. The molecule has 1 saturated heterocycles. The van der Waals surface area contributed by atoms with Crippen molar-refractivity contribution in [2.45, 2.75) is 38.8 Å². The number of ether oxygens (including phenoxy) is 1. The van der Waals surface area contributed by atoms with Crippen molar-refractivity contribution < 1.29 is 4.74 Å². The summed E-state index contributed by atoms with van der Waals surface area (Å²) in [5.74, 6) is 1.60. The molecule has 1 fully saturated rings. The molecule has 5 nitrogen and oxygen atoms in total. The molecule has 7 heteroatoms. The maximum atomic E-state index is 5.99. The molecule has 1 atom stereocenters. The van der Waals surface area contributed by atoms with E-state index in [9.17, 15) is 0 Å². The van der Waals surface area contributed by atoms with Gasteiger partial charge in [0, 0.05) is 37.7 Å². The van der Waals surface area contributed by atoms with E-state index in [1.165, 1.54) is 5.57 Å². The first-order valence-electron chi connectivity index (χ1n) is 9.22. The fraction of sp³-hybridized carbons (Fsp3) is 0.550. The molecule has 0 aromatic heterocycles. The molecule has 0 saturated carbocycles. The molecule has 1 aromatic carbocycles. The minimum Gasteiger partial charge on any atom is -0.489 e. The summed E-state index contributed by atoms with van der Waals surface area (Å²) in [6.45, 7) is 12.0. The molecule has 0 aliphatic carbocycles. The first kappa shape index (κ1) is 24.0. The molecule has 2 N–H and O–H groups in total. The normalized spacial score (nSPS) is 17.0. The smallest absolute Gasteiger partial charge is 0.191 e. The summed E-state index contributed by atoms with van der Waals surface area (Å²) in [7, 11) is 1.80. The van der Waals surface area contributed by atoms with Crippen LogP contribution in [0.1, 0.15) is 26.7 Å². The number of nitrogens with zero attached hydrogens (tertiary/aromatic N) is 2. The van der Waals surface area contributed by atoms with E-state index in [2.05, 4.69) is 34.0 Å². The number of halogens is 2. The number of piperidine rings is 1. The van der Waals surface area contributed by atoms with Crippen molar-refractivity contribution >= 4 is 41.5 Å². The second kappa shape index (κ2) is 12.5. The molecule has 1 aromatic rings. The van der Waals surface area contributed by atoms with Gasteiger partial charge in [-0.3, -0.25) is 9.89 Å². The number of nitrogens with one attached hydrogen (secondary N) is 2. The lowest BCUT2D eigenvalue weighted by Crippen LogP contribution is -2.50. The SMILES string of the molecule is C=C(C)CN1CCC(NC(=NC)NCC(C)Oc2cccc(Cl)c2)CC1.I. The molecular formula is C20H32ClIN4O. The van der Waals surface area contributed by atoms with Gasteiger partial charge in [0.15, 0.2) is 5.96 Å². The Morgan fingerprint density at radius 1 is 1.41 bits per heavy atom. The predicted molar refractivity (Wildman–Crippen MR) is 126 cm³/mol. The van der Waals surface area contributed by atoms with Crippen LogP contribution in [0.25, 0.3) is 0 Å². The minimum atomic E-state index is 0. The van der Waals surface area contributed by atoms with Crippen LogP contribution in [-0.2, 0) is 0 Å². The van der Waals surface area contributed by atoms with Crippen LogP contribution in [0.3, 0.4) is 0 Å². The van der Waals surface area contributed by atoms with Crippen molar-refractivity contribution in [2.75, 3.05) is 33.2 Å². The number of hydrogen-bond donors (Lipinski definition) is 2. The Kier molecular flexibility index (Phi) is 11.1. The van der Waals surface area contributed by atoms with Gasteiger partial charge in [-0.25, -0.2) is 0 Å². The van der Waals surface area contributed by atoms with E-state index < -0.39 is 0 Å². The molecule has 0 bridgehead atoms. The maximum absolute atomic E-state index is 5.99. The molecule has 0 amide bonds. The third kappa shape index (κ3) is 9.17. The molecule has 1 heterocycles. The first-order valence-corrected chi connectivity index (χ1v) is 9.60. The van der Waals surface area contributed by atoms with E-state index in [-0.39, 0.29) is 30.1 Å². The number of rotatable bonds is 7. The van der Waals surface area contributed by atoms with Crippen LogP contribution in [0.5, 0.6) is 5.75 Å². The van der Waals surface area contributed by atoms with Crippen LogP contribution < -0.4 is 15.4 Å². The van der Waals surface area contributed by atoms with Crippen LogP contribution in [-0.4, -0.2) is 56.2 Å². The van der Waals surface area contributed by atoms with E-state index in [4.69, 9.17) is 16.3 Å². The van der Waals surface area contributed by atoms with E-state index in [1.54, 1.807) is 7.05 Å². The number of aliphatic imine (C=N–C) groups is 1. The summed E-state index contributed by atoms with van der Waals surface area (Å²) in [5, 5.41) is 7.55. The highest BCUT2D eigenvalue weighted by atomic mass is 127. The van der Waals surface area contributed by atoms with Gasteiger partial charge in [-0.1, -0.05) is 29.8 Å². The van der Waals surface area contributed by atoms with Crippen LogP contribution >= 0.6 is 35.6 Å². The third-order valence-electron chi connectivity index (χ3n) is 4.34. The van der Waals surface area contributed by atoms with Crippen LogP contribution in [0.15, 0.2) is 41.4 Å². The Hall–Kier alpha value is -0.990. The van der Waals surface area contributed by atoms with Crippen molar-refractivity contribution in [3.8, 4) is 5.75 Å². The van der Waals surface area contributed by atoms with Gasteiger partial charge in [-0.2, -0.15) is 0 Å². The molecule has 27 heavy (non-hydrogen) atoms. The Morgan fingerprint density at radius 3 is 2.70 bits per heavy atom. The molecule has 1 unspecified atom stereocenters. The summed E-state index contributed by atoms with van der Waals surface area (Å²) in [6, 6.07) is 7.91. The zero-order chi connectivity index (χ0) is 18.9. The number of guanidine groups is 1. The second-order valence-corrected chi connectivity index (χ2v) is 7.43. The molecule has 2 rings (SSSR count). The Balaban J connectivity index is 0.00000364. The van der Waals surface area contributed by atoms with Crippen molar-refractivity contribution in [3.05, 3.63) is 41.4 Å². The van der Waals surface area contributed by atoms with Gasteiger partial charge in [0.25, 0.3) is 0 Å². The van der Waals surface area contributed by atoms with E-state index in [0.717, 1.165) is 44.2 Å². The second-order valence-electron chi connectivity index (χ2n) is 6.99. The van der Waals surface area contributed by atoms with Gasteiger partial charge in [-0.05, 0) is 44.9 Å². The highest BCUT2D eigenvalue weighted by molar-refractivity contribution is 14.0. The van der Waals surface area contributed by atoms with Crippen molar-refractivity contribution in [1.82, 2.24) is 15.5 Å². The Morgan fingerprint density at radius 2 is 2.11 bits per heavy atom. The van der Waals surface area contributed by atoms with Gasteiger partial charge in [-0.15, -0.1) is 24.0 Å². The van der Waals surface area contributed by atoms with E-state index in [1.807, 2.05) is 31.2 Å². The average molecular weight is 507 g/mol. The van der Waals surface area contributed by atoms with Gasteiger partial charge in [0.05, 0.1) is 6.54 Å². The Labute approximate surface area is 185 Å². The number of likely N-dealkylation sites (tertiary alicyclic amines) is 1. The summed E-state index contributed by atoms with van der Waals surface area (Å²) >= 11 is 5.99. The standard InChI is InChI=1S/C20H31ClN4O.HI/c1-15(2)14-25-10-8-18(9-11-25)24-20(22-4)23-13-16(3)26-19-7-5-6-17(21)12-19;/h5-7,12,16,18H,1,8-11,13-14H2,2-4H3,(H2,22,23,24);1H. The molecule has 0 spiro atoms. The first-order chi connectivity index (χ1) is 12.5.